The van der Waals surface area contributed by atoms with Crippen LogP contribution in [0.3, 0.4) is 0 Å². The van der Waals surface area contributed by atoms with E-state index in [9.17, 15) is 9.18 Å². The second-order valence-electron chi connectivity index (χ2n) is 5.47. The Kier molecular flexibility index (Phi) is 5.17. The number of carbonyl (C=O) groups is 1. The van der Waals surface area contributed by atoms with Crippen molar-refractivity contribution >= 4 is 5.91 Å². The standard InChI is InChI=1S/C16H23FN2O2/c1-3-16(9-6-10-18-16)15(20)19(2)11-12-21-14-8-5-4-7-13(14)17/h4-5,7-8,18H,3,6,9-12H2,1-2H3. The molecule has 1 aliphatic rings. The molecule has 1 unspecified atom stereocenters. The van der Waals surface area contributed by atoms with E-state index in [-0.39, 0.29) is 24.1 Å². The molecule has 0 saturated carbocycles. The van der Waals surface area contributed by atoms with Crippen LogP contribution in [0.2, 0.25) is 0 Å². The van der Waals surface area contributed by atoms with Crippen LogP contribution in [0.25, 0.3) is 0 Å². The smallest absolute Gasteiger partial charge is 0.242 e. The van der Waals surface area contributed by atoms with E-state index in [1.807, 2.05) is 6.92 Å². The zero-order chi connectivity index (χ0) is 15.3. The molecule has 0 bridgehead atoms. The minimum atomic E-state index is -0.424. The molecule has 1 aromatic rings. The number of ether oxygens (including phenoxy) is 1. The zero-order valence-electron chi connectivity index (χ0n) is 12.7. The van der Waals surface area contributed by atoms with Gasteiger partial charge in [0.1, 0.15) is 6.61 Å². The van der Waals surface area contributed by atoms with Gasteiger partial charge in [0.15, 0.2) is 11.6 Å². The van der Waals surface area contributed by atoms with Crippen LogP contribution in [0.4, 0.5) is 4.39 Å². The third kappa shape index (κ3) is 3.53. The maximum atomic E-state index is 13.4. The van der Waals surface area contributed by atoms with E-state index >= 15 is 0 Å². The van der Waals surface area contributed by atoms with Gasteiger partial charge in [-0.2, -0.15) is 0 Å². The number of nitrogens with one attached hydrogen (secondary N) is 1. The molecule has 2 rings (SSSR count). The summed E-state index contributed by atoms with van der Waals surface area (Å²) >= 11 is 0. The monoisotopic (exact) mass is 294 g/mol. The molecule has 1 atom stereocenters. The molecule has 1 fully saturated rings. The summed E-state index contributed by atoms with van der Waals surface area (Å²) in [5.41, 5.74) is -0.424. The first-order chi connectivity index (χ1) is 10.1. The lowest BCUT2D eigenvalue weighted by Crippen LogP contribution is -2.54. The van der Waals surface area contributed by atoms with Crippen molar-refractivity contribution in [1.82, 2.24) is 10.2 Å². The number of para-hydroxylation sites is 1. The Balaban J connectivity index is 1.85. The Labute approximate surface area is 125 Å². The van der Waals surface area contributed by atoms with Crippen molar-refractivity contribution in [2.24, 2.45) is 0 Å². The van der Waals surface area contributed by atoms with Crippen LogP contribution in [0.1, 0.15) is 26.2 Å². The number of hydrogen-bond acceptors (Lipinski definition) is 3. The summed E-state index contributed by atoms with van der Waals surface area (Å²) in [7, 11) is 1.77. The second-order valence-corrected chi connectivity index (χ2v) is 5.47. The van der Waals surface area contributed by atoms with Crippen molar-refractivity contribution in [2.75, 3.05) is 26.7 Å². The molecular formula is C16H23FN2O2. The van der Waals surface area contributed by atoms with E-state index in [4.69, 9.17) is 4.74 Å². The maximum absolute atomic E-state index is 13.4. The van der Waals surface area contributed by atoms with Crippen LogP contribution in [0, 0.1) is 5.82 Å². The van der Waals surface area contributed by atoms with Crippen LogP contribution in [-0.2, 0) is 4.79 Å². The summed E-state index contributed by atoms with van der Waals surface area (Å²) in [5.74, 6) is -0.0591. The molecule has 0 radical (unpaired) electrons. The predicted molar refractivity (Wildman–Crippen MR) is 79.8 cm³/mol. The van der Waals surface area contributed by atoms with E-state index in [1.165, 1.54) is 6.07 Å². The van der Waals surface area contributed by atoms with E-state index in [0.717, 1.165) is 25.8 Å². The van der Waals surface area contributed by atoms with Gasteiger partial charge in [-0.15, -0.1) is 0 Å². The van der Waals surface area contributed by atoms with Gasteiger partial charge in [-0.3, -0.25) is 4.79 Å². The average Bonchev–Trinajstić information content (AvgIpc) is 2.98. The van der Waals surface area contributed by atoms with E-state index in [2.05, 4.69) is 5.32 Å². The van der Waals surface area contributed by atoms with Gasteiger partial charge in [0, 0.05) is 7.05 Å². The topological polar surface area (TPSA) is 41.6 Å². The Hall–Kier alpha value is -1.62. The van der Waals surface area contributed by atoms with Gasteiger partial charge < -0.3 is 15.0 Å². The molecule has 0 aliphatic carbocycles. The number of hydrogen-bond donors (Lipinski definition) is 1. The van der Waals surface area contributed by atoms with Crippen molar-refractivity contribution < 1.29 is 13.9 Å². The summed E-state index contributed by atoms with van der Waals surface area (Å²) < 4.78 is 18.8. The van der Waals surface area contributed by atoms with Gasteiger partial charge in [-0.1, -0.05) is 19.1 Å². The lowest BCUT2D eigenvalue weighted by molar-refractivity contribution is -0.137. The second kappa shape index (κ2) is 6.89. The van der Waals surface area contributed by atoms with Crippen molar-refractivity contribution in [3.63, 3.8) is 0 Å². The number of halogens is 1. The highest BCUT2D eigenvalue weighted by Gasteiger charge is 2.40. The molecule has 0 spiro atoms. The Morgan fingerprint density at radius 2 is 2.24 bits per heavy atom. The molecule has 1 aromatic carbocycles. The van der Waals surface area contributed by atoms with Crippen LogP contribution in [0.5, 0.6) is 5.75 Å². The molecule has 1 aliphatic heterocycles. The van der Waals surface area contributed by atoms with E-state index < -0.39 is 5.54 Å². The van der Waals surface area contributed by atoms with Crippen LogP contribution < -0.4 is 10.1 Å². The molecular weight excluding hydrogens is 271 g/mol. The van der Waals surface area contributed by atoms with E-state index in [0.29, 0.717) is 6.54 Å². The van der Waals surface area contributed by atoms with Gasteiger partial charge >= 0.3 is 0 Å². The number of carbonyl (C=O) groups excluding carboxylic acids is 1. The number of rotatable bonds is 6. The van der Waals surface area contributed by atoms with Crippen molar-refractivity contribution in [3.05, 3.63) is 30.1 Å². The Bertz CT molecular complexity index is 487. The lowest BCUT2D eigenvalue weighted by atomic mass is 9.92. The molecule has 21 heavy (non-hydrogen) atoms. The molecule has 1 heterocycles. The normalized spacial score (nSPS) is 21.3. The molecule has 0 aromatic heterocycles. The highest BCUT2D eigenvalue weighted by Crippen LogP contribution is 2.25. The van der Waals surface area contributed by atoms with Crippen molar-refractivity contribution in [1.29, 1.82) is 0 Å². The SMILES string of the molecule is CCC1(C(=O)N(C)CCOc2ccccc2F)CCCN1. The molecule has 5 heteroatoms. The molecule has 1 saturated heterocycles. The third-order valence-electron chi connectivity index (χ3n) is 4.12. The molecule has 1 amide bonds. The fourth-order valence-corrected chi connectivity index (χ4v) is 2.76. The molecule has 1 N–H and O–H groups in total. The number of benzene rings is 1. The van der Waals surface area contributed by atoms with Gasteiger partial charge in [0.25, 0.3) is 0 Å². The highest BCUT2D eigenvalue weighted by molar-refractivity contribution is 5.86. The van der Waals surface area contributed by atoms with Gasteiger partial charge in [0.2, 0.25) is 5.91 Å². The summed E-state index contributed by atoms with van der Waals surface area (Å²) in [5, 5.41) is 3.33. The molecule has 4 nitrogen and oxygen atoms in total. The minimum absolute atomic E-state index is 0.0969. The van der Waals surface area contributed by atoms with Gasteiger partial charge in [0.05, 0.1) is 12.1 Å². The maximum Gasteiger partial charge on any atom is 0.242 e. The van der Waals surface area contributed by atoms with Gasteiger partial charge in [-0.25, -0.2) is 4.39 Å². The first-order valence-corrected chi connectivity index (χ1v) is 7.47. The fourth-order valence-electron chi connectivity index (χ4n) is 2.76. The number of likely N-dealkylation sites (N-methyl/N-ethyl adjacent to an activating group) is 1. The van der Waals surface area contributed by atoms with Crippen LogP contribution in [-0.4, -0.2) is 43.1 Å². The zero-order valence-corrected chi connectivity index (χ0v) is 12.7. The highest BCUT2D eigenvalue weighted by atomic mass is 19.1. The quantitative estimate of drug-likeness (QED) is 0.874. The van der Waals surface area contributed by atoms with Crippen molar-refractivity contribution in [3.8, 4) is 5.75 Å². The average molecular weight is 294 g/mol. The van der Waals surface area contributed by atoms with Crippen molar-refractivity contribution in [2.45, 2.75) is 31.7 Å². The van der Waals surface area contributed by atoms with Crippen LogP contribution in [0.15, 0.2) is 24.3 Å². The fraction of sp³-hybridized carbons (Fsp3) is 0.562. The third-order valence-corrected chi connectivity index (χ3v) is 4.12. The lowest BCUT2D eigenvalue weighted by Gasteiger charge is -2.31. The summed E-state index contributed by atoms with van der Waals surface area (Å²) in [6.07, 6.45) is 2.68. The largest absolute Gasteiger partial charge is 0.489 e. The summed E-state index contributed by atoms with van der Waals surface area (Å²) in [6, 6.07) is 6.29. The van der Waals surface area contributed by atoms with Crippen LogP contribution >= 0.6 is 0 Å². The first kappa shape index (κ1) is 15.8. The molecule has 116 valence electrons. The first-order valence-electron chi connectivity index (χ1n) is 7.47. The Morgan fingerprint density at radius 3 is 2.86 bits per heavy atom. The minimum Gasteiger partial charge on any atom is -0.489 e. The number of amides is 1. The number of nitrogens with zero attached hydrogens (tertiary/aromatic N) is 1. The summed E-state index contributed by atoms with van der Waals surface area (Å²) in [4.78, 5) is 14.2. The summed E-state index contributed by atoms with van der Waals surface area (Å²) in [6.45, 7) is 3.64. The predicted octanol–water partition coefficient (Wildman–Crippen LogP) is 2.20. The van der Waals surface area contributed by atoms with Gasteiger partial charge in [-0.05, 0) is 37.9 Å². The Morgan fingerprint density at radius 1 is 1.48 bits per heavy atom. The van der Waals surface area contributed by atoms with E-state index in [1.54, 1.807) is 30.1 Å².